The van der Waals surface area contributed by atoms with Crippen molar-refractivity contribution in [1.29, 1.82) is 0 Å². The number of aromatic nitrogens is 2. The highest BCUT2D eigenvalue weighted by molar-refractivity contribution is 7.99. The van der Waals surface area contributed by atoms with E-state index >= 15 is 0 Å². The van der Waals surface area contributed by atoms with Gasteiger partial charge in [0.2, 0.25) is 5.91 Å². The molecule has 1 aromatic rings. The minimum absolute atomic E-state index is 0.161. The highest BCUT2D eigenvalue weighted by Gasteiger charge is 2.20. The maximum absolute atomic E-state index is 12.3. The van der Waals surface area contributed by atoms with Crippen molar-refractivity contribution in [2.75, 3.05) is 37.3 Å². The van der Waals surface area contributed by atoms with Crippen LogP contribution in [0.5, 0.6) is 0 Å². The molecule has 0 bridgehead atoms. The zero-order valence-corrected chi connectivity index (χ0v) is 15.7. The van der Waals surface area contributed by atoms with Crippen molar-refractivity contribution in [2.45, 2.75) is 38.3 Å². The van der Waals surface area contributed by atoms with Crippen LogP contribution >= 0.6 is 23.4 Å². The van der Waals surface area contributed by atoms with Crippen LogP contribution in [-0.2, 0) is 4.79 Å². The fraction of sp³-hybridized carbons (Fsp3) is 0.688. The molecule has 0 unspecified atom stereocenters. The van der Waals surface area contributed by atoms with Crippen molar-refractivity contribution in [3.63, 3.8) is 0 Å². The number of amides is 1. The van der Waals surface area contributed by atoms with Crippen LogP contribution in [0.15, 0.2) is 11.2 Å². The molecule has 0 radical (unpaired) electrons. The number of carbonyl (C=O) groups excluding carboxylic acids is 1. The molecule has 1 amide bonds. The Bertz CT molecular complexity index is 535. The molecule has 23 heavy (non-hydrogen) atoms. The van der Waals surface area contributed by atoms with Gasteiger partial charge >= 0.3 is 0 Å². The number of hydrogen-bond donors (Lipinski definition) is 0. The summed E-state index contributed by atoms with van der Waals surface area (Å²) >= 11 is 7.45. The topological polar surface area (TPSA) is 49.3 Å². The van der Waals surface area contributed by atoms with Crippen molar-refractivity contribution >= 4 is 35.1 Å². The highest BCUT2D eigenvalue weighted by atomic mass is 35.5. The minimum atomic E-state index is 0.161. The predicted molar refractivity (Wildman–Crippen MR) is 96.3 cm³/mol. The SMILES string of the molecule is CCCN(C)c1cc(Cl)nc(SCC(=O)N2CCC(C)CC2)n1. The lowest BCUT2D eigenvalue weighted by atomic mass is 9.99. The molecule has 5 nitrogen and oxygen atoms in total. The third kappa shape index (κ3) is 5.53. The third-order valence-electron chi connectivity index (χ3n) is 4.07. The number of piperidine rings is 1. The van der Waals surface area contributed by atoms with Crippen LogP contribution in [0.3, 0.4) is 0 Å². The summed E-state index contributed by atoms with van der Waals surface area (Å²) in [5.41, 5.74) is 0. The Morgan fingerprint density at radius 3 is 2.78 bits per heavy atom. The van der Waals surface area contributed by atoms with E-state index in [4.69, 9.17) is 11.6 Å². The van der Waals surface area contributed by atoms with E-state index in [2.05, 4.69) is 23.8 Å². The van der Waals surface area contributed by atoms with Gasteiger partial charge in [-0.05, 0) is 25.2 Å². The van der Waals surface area contributed by atoms with E-state index in [1.165, 1.54) is 11.8 Å². The molecule has 0 aliphatic carbocycles. The largest absolute Gasteiger partial charge is 0.360 e. The number of thioether (sulfide) groups is 1. The van der Waals surface area contributed by atoms with Gasteiger partial charge in [0.15, 0.2) is 5.16 Å². The lowest BCUT2D eigenvalue weighted by molar-refractivity contribution is -0.129. The summed E-state index contributed by atoms with van der Waals surface area (Å²) in [5, 5.41) is 0.980. The van der Waals surface area contributed by atoms with Crippen molar-refractivity contribution in [1.82, 2.24) is 14.9 Å². The summed E-state index contributed by atoms with van der Waals surface area (Å²) in [6.45, 7) is 6.99. The Labute approximate surface area is 147 Å². The second kappa shape index (κ2) is 8.73. The van der Waals surface area contributed by atoms with Crippen LogP contribution in [0, 0.1) is 5.92 Å². The molecule has 1 aliphatic rings. The first-order valence-electron chi connectivity index (χ1n) is 8.16. The molecule has 0 spiro atoms. The summed E-state index contributed by atoms with van der Waals surface area (Å²) in [6.07, 6.45) is 3.22. The van der Waals surface area contributed by atoms with Crippen molar-refractivity contribution in [3.05, 3.63) is 11.2 Å². The van der Waals surface area contributed by atoms with E-state index in [9.17, 15) is 4.79 Å². The number of hydrogen-bond acceptors (Lipinski definition) is 5. The summed E-state index contributed by atoms with van der Waals surface area (Å²) in [4.78, 5) is 25.0. The zero-order chi connectivity index (χ0) is 16.8. The van der Waals surface area contributed by atoms with E-state index in [0.29, 0.717) is 16.1 Å². The van der Waals surface area contributed by atoms with Crippen LogP contribution in [-0.4, -0.2) is 53.2 Å². The molecule has 0 atom stereocenters. The van der Waals surface area contributed by atoms with Gasteiger partial charge in [0.1, 0.15) is 11.0 Å². The molecular weight excluding hydrogens is 332 g/mol. The lowest BCUT2D eigenvalue weighted by Gasteiger charge is -2.30. The molecule has 2 heterocycles. The Hall–Kier alpha value is -1.01. The van der Waals surface area contributed by atoms with Crippen LogP contribution in [0.1, 0.15) is 33.1 Å². The summed E-state index contributed by atoms with van der Waals surface area (Å²) in [6, 6.07) is 1.76. The average molecular weight is 357 g/mol. The fourth-order valence-corrected chi connectivity index (χ4v) is 3.55. The smallest absolute Gasteiger partial charge is 0.233 e. The highest BCUT2D eigenvalue weighted by Crippen LogP contribution is 2.23. The van der Waals surface area contributed by atoms with E-state index in [-0.39, 0.29) is 5.91 Å². The average Bonchev–Trinajstić information content (AvgIpc) is 2.53. The third-order valence-corrected chi connectivity index (χ3v) is 5.10. The summed E-state index contributed by atoms with van der Waals surface area (Å²) < 4.78 is 0. The van der Waals surface area contributed by atoms with Gasteiger partial charge < -0.3 is 9.80 Å². The Kier molecular flexibility index (Phi) is 6.96. The molecular formula is C16H25ClN4OS. The van der Waals surface area contributed by atoms with Crippen molar-refractivity contribution in [3.8, 4) is 0 Å². The van der Waals surface area contributed by atoms with Crippen LogP contribution in [0.4, 0.5) is 5.82 Å². The van der Waals surface area contributed by atoms with Gasteiger partial charge in [-0.15, -0.1) is 0 Å². The number of anilines is 1. The standard InChI is InChI=1S/C16H25ClN4OS/c1-4-7-20(3)14-10-13(17)18-16(19-14)23-11-15(22)21-8-5-12(2)6-9-21/h10,12H,4-9,11H2,1-3H3. The maximum Gasteiger partial charge on any atom is 0.233 e. The Balaban J connectivity index is 1.93. The molecule has 1 aliphatic heterocycles. The second-order valence-electron chi connectivity index (χ2n) is 6.10. The molecule has 0 N–H and O–H groups in total. The molecule has 0 aromatic carbocycles. The molecule has 1 fully saturated rings. The molecule has 7 heteroatoms. The zero-order valence-electron chi connectivity index (χ0n) is 14.1. The van der Waals surface area contributed by atoms with Gasteiger partial charge in [-0.2, -0.15) is 0 Å². The van der Waals surface area contributed by atoms with E-state index in [1.807, 2.05) is 16.8 Å². The van der Waals surface area contributed by atoms with Crippen LogP contribution < -0.4 is 4.90 Å². The number of rotatable bonds is 6. The van der Waals surface area contributed by atoms with Gasteiger partial charge in [0, 0.05) is 32.7 Å². The van der Waals surface area contributed by atoms with Crippen molar-refractivity contribution in [2.24, 2.45) is 5.92 Å². The molecule has 1 saturated heterocycles. The molecule has 2 rings (SSSR count). The molecule has 128 valence electrons. The second-order valence-corrected chi connectivity index (χ2v) is 7.43. The number of halogens is 1. The van der Waals surface area contributed by atoms with E-state index in [0.717, 1.165) is 50.6 Å². The Morgan fingerprint density at radius 1 is 1.43 bits per heavy atom. The molecule has 1 aromatic heterocycles. The first-order chi connectivity index (χ1) is 11.0. The van der Waals surface area contributed by atoms with Gasteiger partial charge in [0.25, 0.3) is 0 Å². The van der Waals surface area contributed by atoms with Gasteiger partial charge in [-0.3, -0.25) is 4.79 Å². The summed E-state index contributed by atoms with van der Waals surface area (Å²) in [7, 11) is 1.98. The van der Waals surface area contributed by atoms with Gasteiger partial charge in [0.05, 0.1) is 5.75 Å². The number of likely N-dealkylation sites (tertiary alicyclic amines) is 1. The lowest BCUT2D eigenvalue weighted by Crippen LogP contribution is -2.38. The van der Waals surface area contributed by atoms with E-state index in [1.54, 1.807) is 6.07 Å². The van der Waals surface area contributed by atoms with Gasteiger partial charge in [-0.25, -0.2) is 9.97 Å². The Morgan fingerprint density at radius 2 is 2.13 bits per heavy atom. The maximum atomic E-state index is 12.3. The van der Waals surface area contributed by atoms with Crippen LogP contribution in [0.25, 0.3) is 0 Å². The quantitative estimate of drug-likeness (QED) is 0.444. The normalized spacial score (nSPS) is 15.7. The first kappa shape index (κ1) is 18.3. The van der Waals surface area contributed by atoms with E-state index < -0.39 is 0 Å². The monoisotopic (exact) mass is 356 g/mol. The molecule has 0 saturated carbocycles. The number of carbonyl (C=O) groups is 1. The summed E-state index contributed by atoms with van der Waals surface area (Å²) in [5.74, 6) is 2.05. The van der Waals surface area contributed by atoms with Gasteiger partial charge in [-0.1, -0.05) is 37.2 Å². The van der Waals surface area contributed by atoms with Crippen LogP contribution in [0.2, 0.25) is 5.15 Å². The van der Waals surface area contributed by atoms with Crippen molar-refractivity contribution < 1.29 is 4.79 Å². The first-order valence-corrected chi connectivity index (χ1v) is 9.52. The predicted octanol–water partition coefficient (Wildman–Crippen LogP) is 3.33. The number of nitrogens with zero attached hydrogens (tertiary/aromatic N) is 4. The fourth-order valence-electron chi connectivity index (χ4n) is 2.57. The minimum Gasteiger partial charge on any atom is -0.360 e.